The molecule has 0 aromatic rings. The average molecular weight is 679 g/mol. The average Bonchev–Trinajstić information content (AvgIpc) is 2.69. The molecule has 0 unspecified atom stereocenters. The van der Waals surface area contributed by atoms with Gasteiger partial charge in [0.05, 0.1) is 0 Å². The molecule has 0 aliphatic carbocycles. The number of halogens is 25. The van der Waals surface area contributed by atoms with Crippen LogP contribution in [0, 0.1) is 0 Å². The number of hydrogen-bond donors (Lipinski definition) is 0. The first-order valence-corrected chi connectivity index (χ1v) is 9.03. The monoisotopic (exact) mass is 678 g/mol. The second-order valence-electron chi connectivity index (χ2n) is 7.05. The molecule has 0 aromatic heterocycles. The highest BCUT2D eigenvalue weighted by Crippen LogP contribution is 2.62. The standard InChI is InChI=1S/C14H3Cl2F23/c15-13(36,37)11(32,33)9(28,29)7(24,25)5(20,21)3(17)1-2-4(18,19)6(22,23)8(26,27)10(30,31)12(34,35)14(16,38)39/h1H,2H2/b3-1-. The van der Waals surface area contributed by atoms with E-state index in [1.165, 1.54) is 0 Å². The van der Waals surface area contributed by atoms with E-state index in [-0.39, 0.29) is 0 Å². The molecule has 0 N–H and O–H groups in total. The molecule has 0 amide bonds. The normalized spacial score (nSPS) is 17.1. The van der Waals surface area contributed by atoms with E-state index >= 15 is 0 Å². The molecule has 0 fully saturated rings. The summed E-state index contributed by atoms with van der Waals surface area (Å²) in [5.74, 6) is -76.4. The third-order valence-electron chi connectivity index (χ3n) is 4.38. The van der Waals surface area contributed by atoms with Gasteiger partial charge in [-0.3, -0.25) is 0 Å². The zero-order valence-corrected chi connectivity index (χ0v) is 18.2. The van der Waals surface area contributed by atoms with Gasteiger partial charge in [0.2, 0.25) is 0 Å². The summed E-state index contributed by atoms with van der Waals surface area (Å²) < 4.78 is 301. The summed E-state index contributed by atoms with van der Waals surface area (Å²) in [6.45, 7) is 0. The molecule has 0 spiro atoms. The fourth-order valence-corrected chi connectivity index (χ4v) is 2.24. The van der Waals surface area contributed by atoms with Crippen LogP contribution < -0.4 is 0 Å². The lowest BCUT2D eigenvalue weighted by atomic mass is 9.92. The summed E-state index contributed by atoms with van der Waals surface area (Å²) in [7, 11) is 0. The quantitative estimate of drug-likeness (QED) is 0.143. The second kappa shape index (κ2) is 9.63. The van der Waals surface area contributed by atoms with Crippen molar-refractivity contribution in [2.45, 2.75) is 70.5 Å². The Bertz CT molecular complexity index is 920. The Labute approximate surface area is 207 Å². The van der Waals surface area contributed by atoms with Crippen molar-refractivity contribution in [2.75, 3.05) is 0 Å². The SMILES string of the molecule is F/C(=C\CC(F)(F)C(F)(F)C(F)(F)C(F)(F)C(F)(F)C(F)(F)Cl)C(F)(F)C(F)(F)C(F)(F)C(F)(F)C(F)(F)Cl. The van der Waals surface area contributed by atoms with Gasteiger partial charge in [-0.05, 0) is 29.3 Å². The molecular formula is C14H3Cl2F23. The highest BCUT2D eigenvalue weighted by Gasteiger charge is 2.90. The third kappa shape index (κ3) is 5.26. The Morgan fingerprint density at radius 3 is 0.949 bits per heavy atom. The van der Waals surface area contributed by atoms with E-state index in [4.69, 9.17) is 0 Å². The van der Waals surface area contributed by atoms with Crippen molar-refractivity contribution >= 4 is 23.2 Å². The van der Waals surface area contributed by atoms with E-state index in [0.29, 0.717) is 0 Å². The van der Waals surface area contributed by atoms with Crippen molar-refractivity contribution in [2.24, 2.45) is 0 Å². The van der Waals surface area contributed by atoms with Gasteiger partial charge in [0.1, 0.15) is 0 Å². The maximum absolute atomic E-state index is 13.5. The van der Waals surface area contributed by atoms with Gasteiger partial charge in [-0.25, -0.2) is 4.39 Å². The van der Waals surface area contributed by atoms with Gasteiger partial charge in [-0.1, -0.05) is 0 Å². The van der Waals surface area contributed by atoms with Gasteiger partial charge in [-0.2, -0.15) is 96.6 Å². The molecule has 25 heteroatoms. The van der Waals surface area contributed by atoms with Gasteiger partial charge in [0.25, 0.3) is 0 Å². The van der Waals surface area contributed by atoms with Gasteiger partial charge in [0, 0.05) is 6.42 Å². The smallest absolute Gasteiger partial charge is 0.205 e. The third-order valence-corrected chi connectivity index (χ3v) is 4.85. The molecule has 0 atom stereocenters. The van der Waals surface area contributed by atoms with Crippen molar-refractivity contribution < 1.29 is 101 Å². The minimum absolute atomic E-state index is 2.25. The molecule has 0 aliphatic rings. The lowest BCUT2D eigenvalue weighted by molar-refractivity contribution is -0.416. The minimum Gasteiger partial charge on any atom is -0.205 e. The molecule has 0 bridgehead atoms. The van der Waals surface area contributed by atoms with Crippen LogP contribution in [0.3, 0.4) is 0 Å². The Balaban J connectivity index is 6.64. The van der Waals surface area contributed by atoms with E-state index in [9.17, 15) is 101 Å². The lowest BCUT2D eigenvalue weighted by Gasteiger charge is -2.40. The van der Waals surface area contributed by atoms with Crippen molar-refractivity contribution in [3.05, 3.63) is 11.9 Å². The summed E-state index contributed by atoms with van der Waals surface area (Å²) in [6, 6.07) is 0. The van der Waals surface area contributed by atoms with Crippen LogP contribution in [-0.2, 0) is 0 Å². The van der Waals surface area contributed by atoms with E-state index in [1.54, 1.807) is 0 Å². The molecule has 0 aliphatic heterocycles. The number of rotatable bonds is 12. The maximum Gasteiger partial charge on any atom is 0.393 e. The zero-order chi connectivity index (χ0) is 32.5. The van der Waals surface area contributed by atoms with E-state index in [1.807, 2.05) is 0 Å². The van der Waals surface area contributed by atoms with Gasteiger partial charge >= 0.3 is 64.1 Å². The summed E-state index contributed by atoms with van der Waals surface area (Å²) in [4.78, 5) is 0. The predicted molar refractivity (Wildman–Crippen MR) is 79.9 cm³/mol. The number of hydrogen-bond acceptors (Lipinski definition) is 0. The van der Waals surface area contributed by atoms with Crippen LogP contribution in [-0.4, -0.2) is 64.1 Å². The lowest BCUT2D eigenvalue weighted by Crippen LogP contribution is -2.69. The van der Waals surface area contributed by atoms with Crippen LogP contribution in [0.1, 0.15) is 6.42 Å². The fraction of sp³-hybridized carbons (Fsp3) is 0.857. The van der Waals surface area contributed by atoms with Crippen LogP contribution in [0.4, 0.5) is 101 Å². The second-order valence-corrected chi connectivity index (χ2v) is 8.00. The molecule has 0 saturated heterocycles. The number of alkyl halides is 24. The Hall–Kier alpha value is -1.29. The van der Waals surface area contributed by atoms with Crippen molar-refractivity contribution in [1.82, 2.24) is 0 Å². The van der Waals surface area contributed by atoms with Crippen molar-refractivity contribution in [3.8, 4) is 0 Å². The summed E-state index contributed by atoms with van der Waals surface area (Å²) in [6.07, 6.45) is -6.32. The zero-order valence-electron chi connectivity index (χ0n) is 16.7. The molecule has 0 radical (unpaired) electrons. The first kappa shape index (κ1) is 37.7. The van der Waals surface area contributed by atoms with E-state index < -0.39 is 82.4 Å². The highest BCUT2D eigenvalue weighted by atomic mass is 35.5. The van der Waals surface area contributed by atoms with Crippen molar-refractivity contribution in [3.63, 3.8) is 0 Å². The van der Waals surface area contributed by atoms with Gasteiger partial charge in [0.15, 0.2) is 5.83 Å². The Kier molecular flexibility index (Phi) is 9.31. The van der Waals surface area contributed by atoms with Crippen LogP contribution in [0.2, 0.25) is 0 Å². The summed E-state index contributed by atoms with van der Waals surface area (Å²) >= 11 is 6.74. The van der Waals surface area contributed by atoms with E-state index in [2.05, 4.69) is 23.2 Å². The predicted octanol–water partition coefficient (Wildman–Crippen LogP) is 9.61. The highest BCUT2D eigenvalue weighted by molar-refractivity contribution is 6.22. The first-order valence-electron chi connectivity index (χ1n) is 8.28. The summed E-state index contributed by atoms with van der Waals surface area (Å²) in [5.41, 5.74) is 0. The van der Waals surface area contributed by atoms with E-state index in [0.717, 1.165) is 0 Å². The topological polar surface area (TPSA) is 0 Å². The van der Waals surface area contributed by atoms with Crippen LogP contribution >= 0.6 is 23.2 Å². The molecule has 0 saturated carbocycles. The van der Waals surface area contributed by atoms with Crippen molar-refractivity contribution in [1.29, 1.82) is 0 Å². The number of allylic oxidation sites excluding steroid dienone is 2. The largest absolute Gasteiger partial charge is 0.393 e. The Morgan fingerprint density at radius 1 is 0.410 bits per heavy atom. The minimum atomic E-state index is -8.40. The van der Waals surface area contributed by atoms with Crippen LogP contribution in [0.5, 0.6) is 0 Å². The first-order chi connectivity index (χ1) is 16.4. The summed E-state index contributed by atoms with van der Waals surface area (Å²) in [5, 5.41) is -13.7. The fourth-order valence-electron chi connectivity index (χ4n) is 2.00. The molecule has 0 rings (SSSR count). The Morgan fingerprint density at radius 2 is 0.667 bits per heavy atom. The molecular weight excluding hydrogens is 676 g/mol. The van der Waals surface area contributed by atoms with Gasteiger partial charge < -0.3 is 0 Å². The molecule has 39 heavy (non-hydrogen) atoms. The molecule has 0 nitrogen and oxygen atoms in total. The van der Waals surface area contributed by atoms with Gasteiger partial charge in [-0.15, -0.1) is 0 Å². The molecule has 234 valence electrons. The van der Waals surface area contributed by atoms with Crippen LogP contribution in [0.25, 0.3) is 0 Å². The molecule has 0 aromatic carbocycles. The maximum atomic E-state index is 13.5. The van der Waals surface area contributed by atoms with Crippen LogP contribution in [0.15, 0.2) is 11.9 Å². The molecule has 0 heterocycles.